The minimum atomic E-state index is -0.284. The Morgan fingerprint density at radius 2 is 1.87 bits per heavy atom. The molecule has 0 radical (unpaired) electrons. The summed E-state index contributed by atoms with van der Waals surface area (Å²) >= 11 is 6.45. The van der Waals surface area contributed by atoms with Crippen LogP contribution < -0.4 is 9.47 Å². The molecule has 2 aliphatic heterocycles. The van der Waals surface area contributed by atoms with Gasteiger partial charge in [-0.3, -0.25) is 9.69 Å². The van der Waals surface area contributed by atoms with E-state index in [2.05, 4.69) is 4.90 Å². The highest BCUT2D eigenvalue weighted by Gasteiger charge is 2.36. The van der Waals surface area contributed by atoms with Crippen molar-refractivity contribution in [3.8, 4) is 11.5 Å². The summed E-state index contributed by atoms with van der Waals surface area (Å²) in [5, 5.41) is 7.01. The number of halogens is 1. The summed E-state index contributed by atoms with van der Waals surface area (Å²) in [5.41, 5.74) is 2.52. The van der Waals surface area contributed by atoms with Crippen molar-refractivity contribution >= 4 is 23.2 Å². The molecule has 0 saturated carbocycles. The average Bonchev–Trinajstić information content (AvgIpc) is 3.25. The van der Waals surface area contributed by atoms with Crippen molar-refractivity contribution in [3.05, 3.63) is 58.6 Å². The number of nitrogens with zero attached hydrogens (tertiary/aromatic N) is 3. The van der Waals surface area contributed by atoms with Crippen molar-refractivity contribution in [3.63, 3.8) is 0 Å². The highest BCUT2D eigenvalue weighted by molar-refractivity contribution is 6.34. The average molecular weight is 442 g/mol. The first-order valence-corrected chi connectivity index (χ1v) is 11.1. The fourth-order valence-corrected chi connectivity index (χ4v) is 4.57. The van der Waals surface area contributed by atoms with Crippen LogP contribution in [0.1, 0.15) is 42.9 Å². The molecule has 0 bridgehead atoms. The van der Waals surface area contributed by atoms with Gasteiger partial charge in [-0.2, -0.15) is 5.10 Å². The van der Waals surface area contributed by atoms with Crippen molar-refractivity contribution in [2.24, 2.45) is 5.10 Å². The normalized spacial score (nSPS) is 19.3. The molecule has 6 nitrogen and oxygen atoms in total. The predicted octanol–water partition coefficient (Wildman–Crippen LogP) is 4.52. The Morgan fingerprint density at radius 1 is 1.10 bits per heavy atom. The first kappa shape index (κ1) is 21.7. The van der Waals surface area contributed by atoms with Crippen LogP contribution in [0.3, 0.4) is 0 Å². The Labute approximate surface area is 188 Å². The molecule has 4 rings (SSSR count). The number of carbonyl (C=O) groups excluding carboxylic acids is 1. The number of hydrogen-bond acceptors (Lipinski definition) is 5. The molecule has 0 aliphatic carbocycles. The molecule has 1 saturated heterocycles. The number of ether oxygens (including phenoxy) is 2. The summed E-state index contributed by atoms with van der Waals surface area (Å²) in [6.07, 6.45) is 4.05. The zero-order valence-corrected chi connectivity index (χ0v) is 18.8. The number of piperidine rings is 1. The Hall–Kier alpha value is -2.57. The Bertz CT molecular complexity index is 972. The molecule has 0 N–H and O–H groups in total. The third-order valence-corrected chi connectivity index (χ3v) is 6.28. The van der Waals surface area contributed by atoms with Gasteiger partial charge in [-0.05, 0) is 50.2 Å². The van der Waals surface area contributed by atoms with Crippen LogP contribution in [0.2, 0.25) is 5.02 Å². The van der Waals surface area contributed by atoms with Crippen molar-refractivity contribution in [1.29, 1.82) is 0 Å². The zero-order valence-electron chi connectivity index (χ0n) is 18.0. The van der Waals surface area contributed by atoms with Crippen LogP contribution >= 0.6 is 11.6 Å². The minimum absolute atomic E-state index is 0.0150. The molecule has 0 aromatic heterocycles. The lowest BCUT2D eigenvalue weighted by atomic mass is 9.97. The topological polar surface area (TPSA) is 54.4 Å². The Morgan fingerprint density at radius 3 is 2.58 bits per heavy atom. The number of rotatable bonds is 6. The molecule has 31 heavy (non-hydrogen) atoms. The SMILES string of the molecule is COc1ccc(OC)c([C@@H]2CC(c3ccccc3Cl)=NN2C(=O)CN2CCCCC2)c1. The maximum Gasteiger partial charge on any atom is 0.257 e. The van der Waals surface area contributed by atoms with Gasteiger partial charge in [0.15, 0.2) is 0 Å². The molecule has 7 heteroatoms. The number of amides is 1. The van der Waals surface area contributed by atoms with E-state index in [9.17, 15) is 4.79 Å². The lowest BCUT2D eigenvalue weighted by Crippen LogP contribution is -2.40. The van der Waals surface area contributed by atoms with Gasteiger partial charge in [0.1, 0.15) is 11.5 Å². The van der Waals surface area contributed by atoms with Gasteiger partial charge in [-0.25, -0.2) is 5.01 Å². The van der Waals surface area contributed by atoms with Gasteiger partial charge in [-0.15, -0.1) is 0 Å². The molecule has 2 aliphatic rings. The van der Waals surface area contributed by atoms with E-state index in [-0.39, 0.29) is 11.9 Å². The minimum Gasteiger partial charge on any atom is -0.497 e. The van der Waals surface area contributed by atoms with Gasteiger partial charge in [0, 0.05) is 22.6 Å². The van der Waals surface area contributed by atoms with Gasteiger partial charge < -0.3 is 9.47 Å². The standard InChI is InChI=1S/C24H28ClN3O3/c1-30-17-10-11-23(31-2)19(14-17)22-15-21(18-8-4-5-9-20(18)25)26-28(22)24(29)16-27-12-6-3-7-13-27/h4-5,8-11,14,22H,3,6-7,12-13,15-16H2,1-2H3/t22-/m0/s1. The van der Waals surface area contributed by atoms with E-state index in [0.29, 0.717) is 29.5 Å². The Kier molecular flexibility index (Phi) is 6.78. The van der Waals surface area contributed by atoms with Crippen LogP contribution in [0, 0.1) is 0 Å². The Balaban J connectivity index is 1.69. The van der Waals surface area contributed by atoms with E-state index < -0.39 is 0 Å². The molecular formula is C24H28ClN3O3. The van der Waals surface area contributed by atoms with Crippen molar-refractivity contribution in [1.82, 2.24) is 9.91 Å². The second-order valence-corrected chi connectivity index (χ2v) is 8.34. The second kappa shape index (κ2) is 9.71. The molecule has 0 spiro atoms. The first-order chi connectivity index (χ1) is 15.1. The van der Waals surface area contributed by atoms with Crippen molar-refractivity contribution in [2.45, 2.75) is 31.7 Å². The molecule has 164 valence electrons. The molecule has 1 atom stereocenters. The number of methoxy groups -OCH3 is 2. The molecule has 1 fully saturated rings. The van der Waals surface area contributed by atoms with Gasteiger partial charge >= 0.3 is 0 Å². The molecular weight excluding hydrogens is 414 g/mol. The molecule has 1 amide bonds. The predicted molar refractivity (Wildman–Crippen MR) is 122 cm³/mol. The fourth-order valence-electron chi connectivity index (χ4n) is 4.32. The fraction of sp³-hybridized carbons (Fsp3) is 0.417. The van der Waals surface area contributed by atoms with Gasteiger partial charge in [0.25, 0.3) is 5.91 Å². The quantitative estimate of drug-likeness (QED) is 0.661. The monoisotopic (exact) mass is 441 g/mol. The van der Waals surface area contributed by atoms with Crippen LogP contribution in [0.25, 0.3) is 0 Å². The summed E-state index contributed by atoms with van der Waals surface area (Å²) in [7, 11) is 3.27. The third-order valence-electron chi connectivity index (χ3n) is 5.95. The van der Waals surface area contributed by atoms with E-state index in [0.717, 1.165) is 42.8 Å². The van der Waals surface area contributed by atoms with Gasteiger partial charge in [0.05, 0.1) is 32.5 Å². The summed E-state index contributed by atoms with van der Waals surface area (Å²) in [5.74, 6) is 1.40. The number of likely N-dealkylation sites (tertiary alicyclic amines) is 1. The van der Waals surface area contributed by atoms with Crippen LogP contribution in [-0.4, -0.2) is 55.4 Å². The van der Waals surface area contributed by atoms with Gasteiger partial charge in [-0.1, -0.05) is 36.2 Å². The molecule has 2 heterocycles. The summed E-state index contributed by atoms with van der Waals surface area (Å²) in [6.45, 7) is 2.27. The van der Waals surface area contributed by atoms with Crippen molar-refractivity contribution < 1.29 is 14.3 Å². The largest absolute Gasteiger partial charge is 0.497 e. The van der Waals surface area contributed by atoms with E-state index in [1.807, 2.05) is 42.5 Å². The summed E-state index contributed by atoms with van der Waals surface area (Å²) < 4.78 is 11.1. The second-order valence-electron chi connectivity index (χ2n) is 7.93. The van der Waals surface area contributed by atoms with E-state index in [4.69, 9.17) is 26.2 Å². The molecule has 2 aromatic carbocycles. The van der Waals surface area contributed by atoms with Crippen molar-refractivity contribution in [2.75, 3.05) is 33.9 Å². The molecule has 0 unspecified atom stereocenters. The lowest BCUT2D eigenvalue weighted by Gasteiger charge is -2.29. The van der Waals surface area contributed by atoms with Crippen LogP contribution in [0.4, 0.5) is 0 Å². The smallest absolute Gasteiger partial charge is 0.257 e. The van der Waals surface area contributed by atoms with Crippen LogP contribution in [0.5, 0.6) is 11.5 Å². The highest BCUT2D eigenvalue weighted by Crippen LogP contribution is 2.40. The number of hydrogen-bond donors (Lipinski definition) is 0. The maximum absolute atomic E-state index is 13.4. The van der Waals surface area contributed by atoms with Crippen LogP contribution in [-0.2, 0) is 4.79 Å². The number of carbonyl (C=O) groups is 1. The highest BCUT2D eigenvalue weighted by atomic mass is 35.5. The maximum atomic E-state index is 13.4. The lowest BCUT2D eigenvalue weighted by molar-refractivity contribution is -0.134. The van der Waals surface area contributed by atoms with E-state index in [1.165, 1.54) is 6.42 Å². The third kappa shape index (κ3) is 4.70. The summed E-state index contributed by atoms with van der Waals surface area (Å²) in [4.78, 5) is 15.6. The number of hydrazone groups is 1. The van der Waals surface area contributed by atoms with E-state index in [1.54, 1.807) is 19.2 Å². The van der Waals surface area contributed by atoms with Crippen LogP contribution in [0.15, 0.2) is 47.6 Å². The summed E-state index contributed by atoms with van der Waals surface area (Å²) in [6, 6.07) is 13.0. The van der Waals surface area contributed by atoms with E-state index >= 15 is 0 Å². The number of benzene rings is 2. The van der Waals surface area contributed by atoms with Gasteiger partial charge in [0.2, 0.25) is 0 Å². The molecule has 2 aromatic rings. The first-order valence-electron chi connectivity index (χ1n) is 10.7. The zero-order chi connectivity index (χ0) is 21.8.